The third-order valence-electron chi connectivity index (χ3n) is 6.34. The minimum Gasteiger partial charge on any atom is -0.356 e. The van der Waals surface area contributed by atoms with E-state index in [1.54, 1.807) is 0 Å². The van der Waals surface area contributed by atoms with E-state index in [0.29, 0.717) is 12.2 Å². The van der Waals surface area contributed by atoms with Gasteiger partial charge in [-0.1, -0.05) is 104 Å². The zero-order valence-electron chi connectivity index (χ0n) is 19.9. The minimum absolute atomic E-state index is 0.610. The molecule has 0 aromatic carbocycles. The molecule has 0 radical (unpaired) electrons. The van der Waals surface area contributed by atoms with Crippen LogP contribution in [0.25, 0.3) is 0 Å². The first-order valence-electron chi connectivity index (χ1n) is 12.9. The van der Waals surface area contributed by atoms with Gasteiger partial charge in [-0.3, -0.25) is 0 Å². The SMILES string of the molecule is CCCCCCCCCCCCC1N(CCCCCCCC)C=CN1C(C)C. The molecule has 2 nitrogen and oxygen atoms in total. The molecule has 1 aliphatic heterocycles. The number of hydrogen-bond donors (Lipinski definition) is 0. The predicted molar refractivity (Wildman–Crippen MR) is 126 cm³/mol. The average Bonchev–Trinajstić information content (AvgIpc) is 3.09. The van der Waals surface area contributed by atoms with Gasteiger partial charge in [-0.05, 0) is 33.1 Å². The van der Waals surface area contributed by atoms with Gasteiger partial charge in [0.2, 0.25) is 0 Å². The Morgan fingerprint density at radius 2 is 1.07 bits per heavy atom. The molecule has 1 heterocycles. The minimum atomic E-state index is 0.610. The van der Waals surface area contributed by atoms with Gasteiger partial charge in [0.1, 0.15) is 6.17 Å². The first-order valence-corrected chi connectivity index (χ1v) is 12.9. The van der Waals surface area contributed by atoms with Crippen molar-refractivity contribution >= 4 is 0 Å². The van der Waals surface area contributed by atoms with Gasteiger partial charge >= 0.3 is 0 Å². The highest BCUT2D eigenvalue weighted by atomic mass is 15.4. The van der Waals surface area contributed by atoms with Gasteiger partial charge < -0.3 is 9.80 Å². The van der Waals surface area contributed by atoms with Crippen LogP contribution in [-0.2, 0) is 0 Å². The second kappa shape index (κ2) is 17.2. The summed E-state index contributed by atoms with van der Waals surface area (Å²) < 4.78 is 0. The topological polar surface area (TPSA) is 6.48 Å². The summed E-state index contributed by atoms with van der Waals surface area (Å²) in [4.78, 5) is 5.22. The van der Waals surface area contributed by atoms with Gasteiger partial charge in [-0.25, -0.2) is 0 Å². The fraction of sp³-hybridized carbons (Fsp3) is 0.923. The molecule has 166 valence electrons. The molecule has 0 saturated heterocycles. The summed E-state index contributed by atoms with van der Waals surface area (Å²) in [5.74, 6) is 0. The van der Waals surface area contributed by atoms with E-state index in [1.807, 2.05) is 0 Å². The quantitative estimate of drug-likeness (QED) is 0.203. The third-order valence-corrected chi connectivity index (χ3v) is 6.34. The molecule has 1 atom stereocenters. The molecule has 1 aliphatic rings. The van der Waals surface area contributed by atoms with Crippen LogP contribution in [0.5, 0.6) is 0 Å². The number of nitrogens with zero attached hydrogens (tertiary/aromatic N) is 2. The molecule has 0 saturated carbocycles. The molecule has 0 amide bonds. The Morgan fingerprint density at radius 1 is 0.607 bits per heavy atom. The van der Waals surface area contributed by atoms with Gasteiger partial charge in [0.05, 0.1) is 0 Å². The Bertz CT molecular complexity index is 363. The molecule has 0 fully saturated rings. The fourth-order valence-electron chi connectivity index (χ4n) is 4.48. The van der Waals surface area contributed by atoms with Crippen LogP contribution in [0.1, 0.15) is 137 Å². The van der Waals surface area contributed by atoms with Crippen molar-refractivity contribution < 1.29 is 0 Å². The molecular formula is C26H52N2. The summed E-state index contributed by atoms with van der Waals surface area (Å²) >= 11 is 0. The van der Waals surface area contributed by atoms with Crippen molar-refractivity contribution in [3.8, 4) is 0 Å². The van der Waals surface area contributed by atoms with E-state index in [2.05, 4.69) is 49.9 Å². The van der Waals surface area contributed by atoms with Gasteiger partial charge in [0.25, 0.3) is 0 Å². The summed E-state index contributed by atoms with van der Waals surface area (Å²) in [7, 11) is 0. The van der Waals surface area contributed by atoms with Crippen molar-refractivity contribution in [3.63, 3.8) is 0 Å². The maximum Gasteiger partial charge on any atom is 0.101 e. The lowest BCUT2D eigenvalue weighted by Gasteiger charge is -2.35. The van der Waals surface area contributed by atoms with Gasteiger partial charge in [-0.2, -0.15) is 0 Å². The van der Waals surface area contributed by atoms with Crippen molar-refractivity contribution in [2.45, 2.75) is 149 Å². The van der Waals surface area contributed by atoms with Crippen LogP contribution in [0, 0.1) is 0 Å². The highest BCUT2D eigenvalue weighted by Gasteiger charge is 2.26. The molecule has 0 spiro atoms. The first kappa shape index (κ1) is 25.4. The fourth-order valence-corrected chi connectivity index (χ4v) is 4.48. The lowest BCUT2D eigenvalue weighted by molar-refractivity contribution is 0.114. The van der Waals surface area contributed by atoms with E-state index in [1.165, 1.54) is 116 Å². The largest absolute Gasteiger partial charge is 0.356 e. The van der Waals surface area contributed by atoms with Crippen LogP contribution in [0.15, 0.2) is 12.4 Å². The molecule has 0 N–H and O–H groups in total. The number of rotatable bonds is 19. The Morgan fingerprint density at radius 3 is 1.57 bits per heavy atom. The van der Waals surface area contributed by atoms with Gasteiger partial charge in [0, 0.05) is 25.0 Å². The van der Waals surface area contributed by atoms with E-state index in [-0.39, 0.29) is 0 Å². The van der Waals surface area contributed by atoms with Crippen molar-refractivity contribution in [3.05, 3.63) is 12.4 Å². The molecule has 0 aromatic heterocycles. The van der Waals surface area contributed by atoms with Crippen LogP contribution >= 0.6 is 0 Å². The third kappa shape index (κ3) is 11.4. The van der Waals surface area contributed by atoms with Crippen LogP contribution in [0.4, 0.5) is 0 Å². The molecule has 0 bridgehead atoms. The Balaban J connectivity index is 2.15. The van der Waals surface area contributed by atoms with Gasteiger partial charge in [0.15, 0.2) is 0 Å². The first-order chi connectivity index (χ1) is 13.7. The normalized spacial score (nSPS) is 16.7. The zero-order valence-corrected chi connectivity index (χ0v) is 19.9. The molecule has 1 rings (SSSR count). The van der Waals surface area contributed by atoms with E-state index >= 15 is 0 Å². The summed E-state index contributed by atoms with van der Waals surface area (Å²) in [5, 5.41) is 0. The lowest BCUT2D eigenvalue weighted by Crippen LogP contribution is -2.42. The van der Waals surface area contributed by atoms with Gasteiger partial charge in [-0.15, -0.1) is 0 Å². The summed E-state index contributed by atoms with van der Waals surface area (Å²) in [6.07, 6.45) is 29.3. The number of unbranched alkanes of at least 4 members (excludes halogenated alkanes) is 14. The second-order valence-corrected chi connectivity index (χ2v) is 9.30. The van der Waals surface area contributed by atoms with E-state index in [4.69, 9.17) is 0 Å². The lowest BCUT2D eigenvalue weighted by atomic mass is 10.0. The molecule has 28 heavy (non-hydrogen) atoms. The highest BCUT2D eigenvalue weighted by molar-refractivity contribution is 4.98. The van der Waals surface area contributed by atoms with Crippen molar-refractivity contribution in [1.82, 2.24) is 9.80 Å². The Kier molecular flexibility index (Phi) is 15.6. The molecular weight excluding hydrogens is 340 g/mol. The Hall–Kier alpha value is -0.660. The predicted octanol–water partition coefficient (Wildman–Crippen LogP) is 8.48. The van der Waals surface area contributed by atoms with Crippen molar-refractivity contribution in [2.75, 3.05) is 6.54 Å². The number of hydrogen-bond acceptors (Lipinski definition) is 2. The maximum atomic E-state index is 2.63. The van der Waals surface area contributed by atoms with Crippen molar-refractivity contribution in [1.29, 1.82) is 0 Å². The van der Waals surface area contributed by atoms with Crippen LogP contribution in [0.2, 0.25) is 0 Å². The van der Waals surface area contributed by atoms with Crippen LogP contribution < -0.4 is 0 Å². The molecule has 1 unspecified atom stereocenters. The Labute approximate surface area is 178 Å². The van der Waals surface area contributed by atoms with Crippen LogP contribution in [-0.4, -0.2) is 28.6 Å². The second-order valence-electron chi connectivity index (χ2n) is 9.30. The zero-order chi connectivity index (χ0) is 20.5. The van der Waals surface area contributed by atoms with Crippen molar-refractivity contribution in [2.24, 2.45) is 0 Å². The molecule has 0 aromatic rings. The smallest absolute Gasteiger partial charge is 0.101 e. The summed E-state index contributed by atoms with van der Waals surface area (Å²) in [5.41, 5.74) is 0. The van der Waals surface area contributed by atoms with E-state index in [0.717, 1.165) is 0 Å². The highest BCUT2D eigenvalue weighted by Crippen LogP contribution is 2.24. The van der Waals surface area contributed by atoms with E-state index in [9.17, 15) is 0 Å². The summed E-state index contributed by atoms with van der Waals surface area (Å²) in [6, 6.07) is 0.610. The van der Waals surface area contributed by atoms with Crippen LogP contribution in [0.3, 0.4) is 0 Å². The molecule has 2 heteroatoms. The monoisotopic (exact) mass is 392 g/mol. The van der Waals surface area contributed by atoms with E-state index < -0.39 is 0 Å². The molecule has 0 aliphatic carbocycles. The average molecular weight is 393 g/mol. The standard InChI is InChI=1S/C26H52N2/c1-5-7-9-11-13-14-15-16-17-19-21-26-27(23-24-28(26)25(3)4)22-20-18-12-10-8-6-2/h23-26H,5-22H2,1-4H3. The summed E-state index contributed by atoms with van der Waals surface area (Å²) in [6.45, 7) is 10.5. The maximum absolute atomic E-state index is 2.63.